The SMILES string of the molecule is OC(c1ccc(Sc2ccc(OC(F)(F)F)cc2)nc1)N1CCC[C@H]1CN1CCCC1. The highest BCUT2D eigenvalue weighted by Gasteiger charge is 2.32. The van der Waals surface area contributed by atoms with Gasteiger partial charge >= 0.3 is 6.36 Å². The zero-order valence-electron chi connectivity index (χ0n) is 17.1. The van der Waals surface area contributed by atoms with Crippen molar-refractivity contribution in [2.75, 3.05) is 26.2 Å². The molecular formula is C22H26F3N3O2S. The average molecular weight is 454 g/mol. The van der Waals surface area contributed by atoms with Gasteiger partial charge in [0.2, 0.25) is 0 Å². The average Bonchev–Trinajstić information content (AvgIpc) is 3.41. The Morgan fingerprint density at radius 1 is 1.06 bits per heavy atom. The first-order valence-electron chi connectivity index (χ1n) is 10.5. The summed E-state index contributed by atoms with van der Waals surface area (Å²) in [5.74, 6) is -0.252. The van der Waals surface area contributed by atoms with Gasteiger partial charge in [-0.05, 0) is 69.1 Å². The molecule has 2 aromatic rings. The van der Waals surface area contributed by atoms with E-state index in [0.717, 1.165) is 49.5 Å². The lowest BCUT2D eigenvalue weighted by molar-refractivity contribution is -0.274. The van der Waals surface area contributed by atoms with Crippen LogP contribution >= 0.6 is 11.8 Å². The quantitative estimate of drug-likeness (QED) is 0.657. The van der Waals surface area contributed by atoms with E-state index in [4.69, 9.17) is 0 Å². The second-order valence-electron chi connectivity index (χ2n) is 7.97. The number of likely N-dealkylation sites (tertiary alicyclic amines) is 2. The smallest absolute Gasteiger partial charge is 0.406 e. The molecule has 168 valence electrons. The number of ether oxygens (including phenoxy) is 1. The van der Waals surface area contributed by atoms with Crippen LogP contribution in [0.15, 0.2) is 52.5 Å². The van der Waals surface area contributed by atoms with Gasteiger partial charge in [0.05, 0.1) is 0 Å². The maximum Gasteiger partial charge on any atom is 0.573 e. The molecule has 9 heteroatoms. The van der Waals surface area contributed by atoms with Gasteiger partial charge in [-0.3, -0.25) is 4.90 Å². The number of nitrogens with zero attached hydrogens (tertiary/aromatic N) is 3. The lowest BCUT2D eigenvalue weighted by Gasteiger charge is -2.32. The van der Waals surface area contributed by atoms with Crippen molar-refractivity contribution in [3.63, 3.8) is 0 Å². The third-order valence-electron chi connectivity index (χ3n) is 5.74. The van der Waals surface area contributed by atoms with Crippen molar-refractivity contribution in [3.8, 4) is 5.75 Å². The van der Waals surface area contributed by atoms with Crippen molar-refractivity contribution < 1.29 is 23.0 Å². The van der Waals surface area contributed by atoms with Gasteiger partial charge in [-0.25, -0.2) is 4.98 Å². The van der Waals surface area contributed by atoms with E-state index in [1.807, 2.05) is 12.1 Å². The van der Waals surface area contributed by atoms with Crippen LogP contribution in [0, 0.1) is 0 Å². The summed E-state index contributed by atoms with van der Waals surface area (Å²) in [5, 5.41) is 11.6. The number of benzene rings is 1. The van der Waals surface area contributed by atoms with Crippen molar-refractivity contribution in [3.05, 3.63) is 48.2 Å². The molecule has 0 aliphatic carbocycles. The van der Waals surface area contributed by atoms with Gasteiger partial charge < -0.3 is 14.7 Å². The Kier molecular flexibility index (Phi) is 7.05. The van der Waals surface area contributed by atoms with Crippen LogP contribution in [-0.4, -0.2) is 58.5 Å². The standard InChI is InChI=1S/C22H26F3N3O2S/c23-22(24,25)30-18-6-8-19(9-7-18)31-20-10-5-16(14-26-20)21(29)28-13-3-4-17(28)15-27-11-1-2-12-27/h5-10,14,17,21,29H,1-4,11-13,15H2/t17-,21?/m0/s1. The van der Waals surface area contributed by atoms with Gasteiger partial charge in [-0.15, -0.1) is 13.2 Å². The summed E-state index contributed by atoms with van der Waals surface area (Å²) in [6.45, 7) is 4.18. The van der Waals surface area contributed by atoms with E-state index in [9.17, 15) is 18.3 Å². The highest BCUT2D eigenvalue weighted by atomic mass is 32.2. The van der Waals surface area contributed by atoms with Crippen LogP contribution in [0.3, 0.4) is 0 Å². The van der Waals surface area contributed by atoms with E-state index < -0.39 is 12.6 Å². The number of aliphatic hydroxyl groups excluding tert-OH is 1. The van der Waals surface area contributed by atoms with Crippen LogP contribution < -0.4 is 4.74 Å². The van der Waals surface area contributed by atoms with Crippen molar-refractivity contribution in [2.45, 2.75) is 54.2 Å². The molecule has 2 fully saturated rings. The van der Waals surface area contributed by atoms with E-state index >= 15 is 0 Å². The number of alkyl halides is 3. The largest absolute Gasteiger partial charge is 0.573 e. The van der Waals surface area contributed by atoms with Gasteiger partial charge in [0.1, 0.15) is 17.0 Å². The van der Waals surface area contributed by atoms with Crippen LogP contribution in [0.1, 0.15) is 37.5 Å². The van der Waals surface area contributed by atoms with Crippen LogP contribution in [0.2, 0.25) is 0 Å². The molecule has 5 nitrogen and oxygen atoms in total. The molecule has 31 heavy (non-hydrogen) atoms. The fourth-order valence-corrected chi connectivity index (χ4v) is 5.02. The molecule has 0 saturated carbocycles. The first-order chi connectivity index (χ1) is 14.9. The van der Waals surface area contributed by atoms with Gasteiger partial charge in [-0.1, -0.05) is 17.8 Å². The summed E-state index contributed by atoms with van der Waals surface area (Å²) in [7, 11) is 0. The Morgan fingerprint density at radius 2 is 1.81 bits per heavy atom. The molecule has 4 rings (SSSR count). The number of rotatable bonds is 7. The van der Waals surface area contributed by atoms with E-state index in [0.29, 0.717) is 11.1 Å². The number of halogens is 3. The zero-order valence-corrected chi connectivity index (χ0v) is 17.9. The topological polar surface area (TPSA) is 48.8 Å². The van der Waals surface area contributed by atoms with E-state index in [2.05, 4.69) is 19.5 Å². The van der Waals surface area contributed by atoms with Crippen molar-refractivity contribution in [1.82, 2.24) is 14.8 Å². The summed E-state index contributed by atoms with van der Waals surface area (Å²) in [4.78, 5) is 9.83. The van der Waals surface area contributed by atoms with Crippen LogP contribution in [0.5, 0.6) is 5.75 Å². The predicted octanol–water partition coefficient (Wildman–Crippen LogP) is 4.68. The van der Waals surface area contributed by atoms with Crippen LogP contribution in [0.25, 0.3) is 0 Å². The molecule has 1 unspecified atom stereocenters. The third kappa shape index (κ3) is 6.12. The Balaban J connectivity index is 1.35. The molecule has 3 heterocycles. The summed E-state index contributed by atoms with van der Waals surface area (Å²) in [6, 6.07) is 9.73. The first kappa shape index (κ1) is 22.4. The Bertz CT molecular complexity index is 843. The normalized spacial score (nSPS) is 21.5. The maximum absolute atomic E-state index is 12.3. The molecule has 0 spiro atoms. The number of aliphatic hydroxyl groups is 1. The fourth-order valence-electron chi connectivity index (χ4n) is 4.27. The maximum atomic E-state index is 12.3. The van der Waals surface area contributed by atoms with Gasteiger partial charge in [-0.2, -0.15) is 0 Å². The molecule has 2 saturated heterocycles. The Labute approximate surface area is 184 Å². The van der Waals surface area contributed by atoms with E-state index in [1.165, 1.54) is 36.7 Å². The second kappa shape index (κ2) is 9.77. The molecule has 0 amide bonds. The van der Waals surface area contributed by atoms with Gasteiger partial charge in [0.25, 0.3) is 0 Å². The number of hydrogen-bond acceptors (Lipinski definition) is 6. The molecule has 1 aromatic carbocycles. The molecule has 1 N–H and O–H groups in total. The minimum Gasteiger partial charge on any atom is -0.406 e. The Morgan fingerprint density at radius 3 is 2.45 bits per heavy atom. The molecule has 2 aliphatic rings. The van der Waals surface area contributed by atoms with Crippen molar-refractivity contribution >= 4 is 11.8 Å². The highest BCUT2D eigenvalue weighted by Crippen LogP contribution is 2.32. The minimum absolute atomic E-state index is 0.252. The van der Waals surface area contributed by atoms with E-state index in [-0.39, 0.29) is 5.75 Å². The van der Waals surface area contributed by atoms with Gasteiger partial charge in [0, 0.05) is 35.8 Å². The summed E-state index contributed by atoms with van der Waals surface area (Å²) in [5.41, 5.74) is 0.756. The van der Waals surface area contributed by atoms with Crippen molar-refractivity contribution in [2.24, 2.45) is 0 Å². The number of hydrogen-bond donors (Lipinski definition) is 1. The van der Waals surface area contributed by atoms with E-state index in [1.54, 1.807) is 18.3 Å². The Hall–Kier alpha value is -1.81. The highest BCUT2D eigenvalue weighted by molar-refractivity contribution is 7.99. The molecular weight excluding hydrogens is 427 g/mol. The predicted molar refractivity (Wildman–Crippen MR) is 112 cm³/mol. The molecule has 1 aromatic heterocycles. The lowest BCUT2D eigenvalue weighted by atomic mass is 10.1. The summed E-state index contributed by atoms with van der Waals surface area (Å²) < 4.78 is 40.7. The molecule has 2 atom stereocenters. The molecule has 0 radical (unpaired) electrons. The number of aromatic nitrogens is 1. The monoisotopic (exact) mass is 453 g/mol. The lowest BCUT2D eigenvalue weighted by Crippen LogP contribution is -2.41. The first-order valence-corrected chi connectivity index (χ1v) is 11.3. The third-order valence-corrected chi connectivity index (χ3v) is 6.70. The van der Waals surface area contributed by atoms with Crippen LogP contribution in [0.4, 0.5) is 13.2 Å². The number of pyridine rings is 1. The molecule has 2 aliphatic heterocycles. The van der Waals surface area contributed by atoms with Gasteiger partial charge in [0.15, 0.2) is 0 Å². The summed E-state index contributed by atoms with van der Waals surface area (Å²) >= 11 is 1.34. The minimum atomic E-state index is -4.70. The fraction of sp³-hybridized carbons (Fsp3) is 0.500. The summed E-state index contributed by atoms with van der Waals surface area (Å²) in [6.07, 6.45) is 1.01. The zero-order chi connectivity index (χ0) is 21.8. The van der Waals surface area contributed by atoms with Crippen LogP contribution in [-0.2, 0) is 0 Å². The second-order valence-corrected chi connectivity index (χ2v) is 9.06. The molecule has 0 bridgehead atoms. The van der Waals surface area contributed by atoms with Crippen molar-refractivity contribution in [1.29, 1.82) is 0 Å².